The van der Waals surface area contributed by atoms with Crippen molar-refractivity contribution in [3.63, 3.8) is 0 Å². The van der Waals surface area contributed by atoms with E-state index in [2.05, 4.69) is 20.2 Å². The van der Waals surface area contributed by atoms with E-state index >= 15 is 0 Å². The van der Waals surface area contributed by atoms with Gasteiger partial charge in [-0.15, -0.1) is 0 Å². The zero-order chi connectivity index (χ0) is 19.7. The number of carboxylic acid groups (broad SMARTS) is 1. The van der Waals surface area contributed by atoms with E-state index in [0.29, 0.717) is 35.9 Å². The molecule has 1 atom stereocenters. The van der Waals surface area contributed by atoms with E-state index in [1.54, 1.807) is 12.4 Å². The first-order chi connectivity index (χ1) is 13.5. The number of carboxylic acids is 1. The highest BCUT2D eigenvalue weighted by Gasteiger charge is 2.28. The van der Waals surface area contributed by atoms with Gasteiger partial charge in [-0.05, 0) is 43.7 Å². The lowest BCUT2D eigenvalue weighted by molar-refractivity contribution is -0.141. The summed E-state index contributed by atoms with van der Waals surface area (Å²) in [4.78, 5) is 26.9. The Morgan fingerprint density at radius 3 is 3.00 bits per heavy atom. The third kappa shape index (κ3) is 3.76. The lowest BCUT2D eigenvalue weighted by atomic mass is 10.1. The van der Waals surface area contributed by atoms with Gasteiger partial charge in [0.05, 0.1) is 23.3 Å². The number of hydrogen-bond acceptors (Lipinski definition) is 6. The largest absolute Gasteiger partial charge is 0.481 e. The third-order valence-corrected chi connectivity index (χ3v) is 5.45. The Bertz CT molecular complexity index is 1040. The molecule has 7 nitrogen and oxygen atoms in total. The van der Waals surface area contributed by atoms with Crippen LogP contribution in [0.15, 0.2) is 36.7 Å². The highest BCUT2D eigenvalue weighted by molar-refractivity contribution is 6.31. The van der Waals surface area contributed by atoms with Gasteiger partial charge in [0.1, 0.15) is 5.52 Å². The fourth-order valence-corrected chi connectivity index (χ4v) is 3.60. The molecule has 0 saturated carbocycles. The van der Waals surface area contributed by atoms with E-state index in [1.807, 2.05) is 31.2 Å². The minimum absolute atomic E-state index is 0.297. The molecule has 28 heavy (non-hydrogen) atoms. The fourth-order valence-electron chi connectivity index (χ4n) is 3.43. The van der Waals surface area contributed by atoms with Crippen LogP contribution in [0, 0.1) is 12.8 Å². The predicted octanol–water partition coefficient (Wildman–Crippen LogP) is 3.64. The Labute approximate surface area is 167 Å². The van der Waals surface area contributed by atoms with Crippen molar-refractivity contribution >= 4 is 40.1 Å². The molecule has 0 spiro atoms. The number of anilines is 2. The van der Waals surface area contributed by atoms with E-state index in [1.165, 1.54) is 0 Å². The molecule has 8 heteroatoms. The predicted molar refractivity (Wildman–Crippen MR) is 108 cm³/mol. The molecular weight excluding hydrogens is 378 g/mol. The first-order valence-corrected chi connectivity index (χ1v) is 9.47. The van der Waals surface area contributed by atoms with Crippen molar-refractivity contribution in [1.82, 2.24) is 19.9 Å². The standard InChI is InChI=1S/C20H20ClN5O2/c1-12-15(21)3-2-4-16(12)25-19-18-17(5-7-22-19)24-14(9-23-18)11-26-8-6-13(10-26)20(27)28/h2-5,7,9,13H,6,8,10-11H2,1H3,(H,22,25)(H,27,28). The summed E-state index contributed by atoms with van der Waals surface area (Å²) in [5, 5.41) is 13.1. The van der Waals surface area contributed by atoms with Gasteiger partial charge in [-0.1, -0.05) is 17.7 Å². The summed E-state index contributed by atoms with van der Waals surface area (Å²) in [5.41, 5.74) is 4.04. The van der Waals surface area contributed by atoms with Crippen molar-refractivity contribution in [2.75, 3.05) is 18.4 Å². The number of nitrogens with one attached hydrogen (secondary N) is 1. The molecule has 1 saturated heterocycles. The summed E-state index contributed by atoms with van der Waals surface area (Å²) in [6, 6.07) is 7.49. The molecule has 1 aliphatic heterocycles. The summed E-state index contributed by atoms with van der Waals surface area (Å²) in [6.45, 7) is 3.84. The first-order valence-electron chi connectivity index (χ1n) is 9.09. The van der Waals surface area contributed by atoms with Crippen LogP contribution >= 0.6 is 11.6 Å². The molecule has 4 rings (SSSR count). The second kappa shape index (κ2) is 7.69. The van der Waals surface area contributed by atoms with Gasteiger partial charge < -0.3 is 10.4 Å². The topological polar surface area (TPSA) is 91.2 Å². The number of nitrogens with zero attached hydrogens (tertiary/aromatic N) is 4. The number of fused-ring (bicyclic) bond motifs is 1. The molecule has 0 aliphatic carbocycles. The van der Waals surface area contributed by atoms with Crippen LogP contribution in [0.1, 0.15) is 17.7 Å². The average molecular weight is 398 g/mol. The zero-order valence-electron chi connectivity index (χ0n) is 15.4. The molecule has 1 aromatic carbocycles. The maximum Gasteiger partial charge on any atom is 0.307 e. The SMILES string of the molecule is Cc1c(Cl)cccc1Nc1nccc2nc(CN3CCC(C(=O)O)C3)cnc12. The average Bonchev–Trinajstić information content (AvgIpc) is 3.14. The van der Waals surface area contributed by atoms with Gasteiger partial charge in [0, 0.05) is 30.0 Å². The molecule has 1 unspecified atom stereocenters. The number of pyridine rings is 1. The van der Waals surface area contributed by atoms with Gasteiger partial charge in [0.2, 0.25) is 0 Å². The quantitative estimate of drug-likeness (QED) is 0.679. The number of rotatable bonds is 5. The number of carbonyl (C=O) groups is 1. The highest BCUT2D eigenvalue weighted by atomic mass is 35.5. The molecular formula is C20H20ClN5O2. The summed E-state index contributed by atoms with van der Waals surface area (Å²) < 4.78 is 0. The Morgan fingerprint density at radius 2 is 2.21 bits per heavy atom. The van der Waals surface area contributed by atoms with Gasteiger partial charge in [-0.2, -0.15) is 0 Å². The normalized spacial score (nSPS) is 17.1. The van der Waals surface area contributed by atoms with E-state index < -0.39 is 5.97 Å². The molecule has 1 fully saturated rings. The maximum absolute atomic E-state index is 11.1. The Kier molecular flexibility index (Phi) is 5.11. The zero-order valence-corrected chi connectivity index (χ0v) is 16.1. The molecule has 2 aromatic heterocycles. The van der Waals surface area contributed by atoms with Crippen molar-refractivity contribution < 1.29 is 9.90 Å². The van der Waals surface area contributed by atoms with Gasteiger partial charge >= 0.3 is 5.97 Å². The maximum atomic E-state index is 11.1. The molecule has 144 valence electrons. The van der Waals surface area contributed by atoms with Gasteiger partial charge in [-0.3, -0.25) is 9.69 Å². The second-order valence-corrected chi connectivity index (χ2v) is 7.39. The molecule has 3 aromatic rings. The number of halogens is 1. The monoisotopic (exact) mass is 397 g/mol. The van der Waals surface area contributed by atoms with Crippen molar-refractivity contribution in [2.45, 2.75) is 19.9 Å². The number of likely N-dealkylation sites (tertiary alicyclic amines) is 1. The van der Waals surface area contributed by atoms with E-state index in [4.69, 9.17) is 21.7 Å². The third-order valence-electron chi connectivity index (χ3n) is 5.04. The highest BCUT2D eigenvalue weighted by Crippen LogP contribution is 2.28. The fraction of sp³-hybridized carbons (Fsp3) is 0.300. The van der Waals surface area contributed by atoms with Crippen molar-refractivity contribution in [2.24, 2.45) is 5.92 Å². The summed E-state index contributed by atoms with van der Waals surface area (Å²) in [5.74, 6) is -0.409. The number of aromatic nitrogens is 3. The lowest BCUT2D eigenvalue weighted by Crippen LogP contribution is -2.23. The van der Waals surface area contributed by atoms with Crippen LogP contribution < -0.4 is 5.32 Å². The molecule has 2 N–H and O–H groups in total. The smallest absolute Gasteiger partial charge is 0.307 e. The van der Waals surface area contributed by atoms with Crippen LogP contribution in [-0.2, 0) is 11.3 Å². The molecule has 0 radical (unpaired) electrons. The van der Waals surface area contributed by atoms with Gasteiger partial charge in [0.25, 0.3) is 0 Å². The molecule has 0 bridgehead atoms. The van der Waals surface area contributed by atoms with Crippen LogP contribution in [-0.4, -0.2) is 44.0 Å². The van der Waals surface area contributed by atoms with Crippen LogP contribution in [0.25, 0.3) is 11.0 Å². The molecule has 1 aliphatic rings. The molecule has 3 heterocycles. The van der Waals surface area contributed by atoms with E-state index in [0.717, 1.165) is 29.0 Å². The summed E-state index contributed by atoms with van der Waals surface area (Å²) in [6.07, 6.45) is 4.10. The number of aliphatic carboxylic acids is 1. The molecule has 0 amide bonds. The van der Waals surface area contributed by atoms with E-state index in [-0.39, 0.29) is 5.92 Å². The number of benzene rings is 1. The minimum Gasteiger partial charge on any atom is -0.481 e. The van der Waals surface area contributed by atoms with Crippen LogP contribution in [0.3, 0.4) is 0 Å². The Morgan fingerprint density at radius 1 is 1.36 bits per heavy atom. The van der Waals surface area contributed by atoms with Crippen LogP contribution in [0.4, 0.5) is 11.5 Å². The van der Waals surface area contributed by atoms with Gasteiger partial charge in [0.15, 0.2) is 5.82 Å². The van der Waals surface area contributed by atoms with E-state index in [9.17, 15) is 4.79 Å². The second-order valence-electron chi connectivity index (χ2n) is 6.98. The summed E-state index contributed by atoms with van der Waals surface area (Å²) in [7, 11) is 0. The van der Waals surface area contributed by atoms with Crippen molar-refractivity contribution in [1.29, 1.82) is 0 Å². The Hall–Kier alpha value is -2.77. The lowest BCUT2D eigenvalue weighted by Gasteiger charge is -2.15. The van der Waals surface area contributed by atoms with Crippen LogP contribution in [0.2, 0.25) is 5.02 Å². The van der Waals surface area contributed by atoms with Gasteiger partial charge in [-0.25, -0.2) is 15.0 Å². The minimum atomic E-state index is -0.731. The van der Waals surface area contributed by atoms with Crippen molar-refractivity contribution in [3.05, 3.63) is 52.9 Å². The number of hydrogen-bond donors (Lipinski definition) is 2. The summed E-state index contributed by atoms with van der Waals surface area (Å²) >= 11 is 6.20. The Balaban J connectivity index is 1.56. The first kappa shape index (κ1) is 18.6. The van der Waals surface area contributed by atoms with Crippen molar-refractivity contribution in [3.8, 4) is 0 Å². The van der Waals surface area contributed by atoms with Crippen LogP contribution in [0.5, 0.6) is 0 Å².